The van der Waals surface area contributed by atoms with Crippen LogP contribution in [0.1, 0.15) is 226 Å². The lowest BCUT2D eigenvalue weighted by molar-refractivity contribution is -0.161. The van der Waals surface area contributed by atoms with E-state index in [1.807, 2.05) is 12.2 Å². The molecule has 0 aliphatic rings. The topological polar surface area (TPSA) is 155 Å². The van der Waals surface area contributed by atoms with Gasteiger partial charge in [0.2, 0.25) is 0 Å². The van der Waals surface area contributed by atoms with Gasteiger partial charge in [-0.15, -0.1) is 0 Å². The predicted octanol–water partition coefficient (Wildman–Crippen LogP) is 17.6. The Morgan fingerprint density at radius 1 is 0.382 bits per heavy atom. The van der Waals surface area contributed by atoms with Crippen molar-refractivity contribution in [1.82, 2.24) is 0 Å². The zero-order valence-electron chi connectivity index (χ0n) is 47.7. The fraction of sp³-hybridized carbons (Fsp3) is 0.641. The Hall–Kier alpha value is -4.12. The Kier molecular flexibility index (Phi) is 54.0. The number of esters is 3. The lowest BCUT2D eigenvalue weighted by atomic mass is 10.1. The van der Waals surface area contributed by atoms with E-state index in [9.17, 15) is 28.9 Å². The Balaban J connectivity index is 4.86. The molecule has 0 radical (unpaired) electrons. The number of hydrogen-bond donors (Lipinski definition) is 2. The van der Waals surface area contributed by atoms with Crippen LogP contribution in [0.3, 0.4) is 0 Å². The normalized spacial score (nSPS) is 14.2. The fourth-order valence-electron chi connectivity index (χ4n) is 7.44. The van der Waals surface area contributed by atoms with Crippen molar-refractivity contribution in [2.24, 2.45) is 0 Å². The first kappa shape index (κ1) is 71.9. The first-order chi connectivity index (χ1) is 37.2. The molecule has 3 atom stereocenters. The molecule has 12 heteroatoms. The standard InChI is InChI=1S/C64H105O11P/c1-4-7-10-13-16-19-22-25-28-30-33-35-38-41-44-47-50-53-62(66)71-57-61(75-64(68)55-52-49-46-43-40-37-34-31-29-26-23-20-17-14-11-8-5-2)59-73-76(69,70)72-58-60(56-65)74-63(67)54-51-48-45-42-39-36-32-27-24-21-18-15-12-9-6-3/h7-8,10-11,16-17,19-20,25-29,32-35,37,43,46,60-61,65H,4-6,9,12-15,18,21-24,30-31,36,38-42,44-45,47-59H2,1-3H3,(H,69,70)/b10-7-,11-8-,19-16-,20-17-,28-25-,29-26-,32-27-,35-33-,37-34-,46-43-. The van der Waals surface area contributed by atoms with Crippen LogP contribution >= 0.6 is 7.82 Å². The summed E-state index contributed by atoms with van der Waals surface area (Å²) in [7, 11) is -4.78. The van der Waals surface area contributed by atoms with Gasteiger partial charge in [0.15, 0.2) is 6.10 Å². The van der Waals surface area contributed by atoms with Crippen LogP contribution in [0.25, 0.3) is 0 Å². The molecule has 432 valence electrons. The molecular weight excluding hydrogens is 976 g/mol. The Morgan fingerprint density at radius 3 is 1.12 bits per heavy atom. The van der Waals surface area contributed by atoms with Crippen molar-refractivity contribution in [1.29, 1.82) is 0 Å². The van der Waals surface area contributed by atoms with Crippen molar-refractivity contribution in [3.05, 3.63) is 122 Å². The van der Waals surface area contributed by atoms with Crippen LogP contribution in [-0.2, 0) is 42.2 Å². The van der Waals surface area contributed by atoms with E-state index >= 15 is 0 Å². The molecule has 0 bridgehead atoms. The minimum Gasteiger partial charge on any atom is -0.462 e. The molecule has 0 fully saturated rings. The number of unbranched alkanes of at least 4 members (excludes halogenated alkanes) is 16. The van der Waals surface area contributed by atoms with Crippen LogP contribution in [0.4, 0.5) is 0 Å². The largest absolute Gasteiger partial charge is 0.472 e. The maximum Gasteiger partial charge on any atom is 0.472 e. The highest BCUT2D eigenvalue weighted by molar-refractivity contribution is 7.47. The highest BCUT2D eigenvalue weighted by Gasteiger charge is 2.28. The van der Waals surface area contributed by atoms with E-state index in [0.29, 0.717) is 25.7 Å². The molecule has 0 aliphatic heterocycles. The molecule has 0 spiro atoms. The summed E-state index contributed by atoms with van der Waals surface area (Å²) in [4.78, 5) is 48.6. The Morgan fingerprint density at radius 2 is 0.697 bits per heavy atom. The number of aliphatic hydroxyl groups excluding tert-OH is 1. The van der Waals surface area contributed by atoms with Crippen LogP contribution < -0.4 is 0 Å². The van der Waals surface area contributed by atoms with Crippen molar-refractivity contribution in [3.63, 3.8) is 0 Å². The summed E-state index contributed by atoms with van der Waals surface area (Å²) in [6.07, 6.45) is 70.2. The molecule has 11 nitrogen and oxygen atoms in total. The number of allylic oxidation sites excluding steroid dienone is 20. The maximum atomic E-state index is 12.9. The minimum absolute atomic E-state index is 0.0769. The third-order valence-electron chi connectivity index (χ3n) is 11.8. The van der Waals surface area contributed by atoms with E-state index in [2.05, 4.69) is 130 Å². The monoisotopic (exact) mass is 1080 g/mol. The van der Waals surface area contributed by atoms with Gasteiger partial charge in [-0.25, -0.2) is 4.57 Å². The van der Waals surface area contributed by atoms with Gasteiger partial charge in [-0.3, -0.25) is 23.4 Å². The van der Waals surface area contributed by atoms with Crippen LogP contribution in [-0.4, -0.2) is 66.5 Å². The van der Waals surface area contributed by atoms with E-state index in [1.54, 1.807) is 0 Å². The van der Waals surface area contributed by atoms with Gasteiger partial charge in [0.25, 0.3) is 0 Å². The molecule has 0 aromatic rings. The lowest BCUT2D eigenvalue weighted by Gasteiger charge is -2.21. The third-order valence-corrected chi connectivity index (χ3v) is 12.8. The van der Waals surface area contributed by atoms with Crippen molar-refractivity contribution in [2.45, 2.75) is 238 Å². The summed E-state index contributed by atoms with van der Waals surface area (Å²) >= 11 is 0. The summed E-state index contributed by atoms with van der Waals surface area (Å²) < 4.78 is 39.5. The minimum atomic E-state index is -4.78. The zero-order valence-corrected chi connectivity index (χ0v) is 48.6. The zero-order chi connectivity index (χ0) is 55.5. The first-order valence-corrected chi connectivity index (χ1v) is 30.9. The molecule has 0 aliphatic carbocycles. The summed E-state index contributed by atoms with van der Waals surface area (Å²) in [5, 5.41) is 9.82. The number of ether oxygens (including phenoxy) is 3. The molecule has 3 unspecified atom stereocenters. The van der Waals surface area contributed by atoms with Crippen LogP contribution in [0.2, 0.25) is 0 Å². The average Bonchev–Trinajstić information content (AvgIpc) is 3.41. The number of phosphoric ester groups is 1. The van der Waals surface area contributed by atoms with Crippen molar-refractivity contribution >= 4 is 25.7 Å². The van der Waals surface area contributed by atoms with Gasteiger partial charge in [-0.1, -0.05) is 206 Å². The number of aliphatic hydroxyl groups is 1. The summed E-state index contributed by atoms with van der Waals surface area (Å²) in [6, 6.07) is 0. The van der Waals surface area contributed by atoms with Gasteiger partial charge in [0.05, 0.1) is 19.8 Å². The van der Waals surface area contributed by atoms with Gasteiger partial charge < -0.3 is 24.2 Å². The SMILES string of the molecule is CC/C=C\C/C=C\C/C=C\C/C=C\C/C=C\CCCC(=O)OC(COC(=O)CCCCCC/C=C\C/C=C\C/C=C\C/C=C\CC)COP(=O)(O)OCC(CO)OC(=O)CCCCCCC/C=C\CCCCCCCC. The first-order valence-electron chi connectivity index (χ1n) is 29.4. The number of carbonyl (C=O) groups is 3. The van der Waals surface area contributed by atoms with Gasteiger partial charge in [0.1, 0.15) is 12.7 Å². The van der Waals surface area contributed by atoms with Crippen molar-refractivity contribution < 1.29 is 52.2 Å². The molecule has 2 N–H and O–H groups in total. The van der Waals surface area contributed by atoms with E-state index in [4.69, 9.17) is 23.3 Å². The van der Waals surface area contributed by atoms with Gasteiger partial charge in [0, 0.05) is 19.3 Å². The third kappa shape index (κ3) is 54.7. The second kappa shape index (κ2) is 57.1. The van der Waals surface area contributed by atoms with Gasteiger partial charge in [-0.05, 0) is 122 Å². The van der Waals surface area contributed by atoms with Gasteiger partial charge >= 0.3 is 25.7 Å². The molecule has 0 rings (SSSR count). The molecule has 0 amide bonds. The van der Waals surface area contributed by atoms with E-state index in [-0.39, 0.29) is 25.9 Å². The number of phosphoric acid groups is 1. The van der Waals surface area contributed by atoms with E-state index in [0.717, 1.165) is 122 Å². The van der Waals surface area contributed by atoms with Crippen LogP contribution in [0, 0.1) is 0 Å². The van der Waals surface area contributed by atoms with Crippen molar-refractivity contribution in [2.75, 3.05) is 26.4 Å². The van der Waals surface area contributed by atoms with Gasteiger partial charge in [-0.2, -0.15) is 0 Å². The molecule has 0 saturated carbocycles. The second-order valence-electron chi connectivity index (χ2n) is 19.0. The molecule has 0 heterocycles. The summed E-state index contributed by atoms with van der Waals surface area (Å²) in [5.41, 5.74) is 0. The van der Waals surface area contributed by atoms with Crippen LogP contribution in [0.5, 0.6) is 0 Å². The van der Waals surface area contributed by atoms with E-state index < -0.39 is 57.8 Å². The lowest BCUT2D eigenvalue weighted by Crippen LogP contribution is -2.30. The van der Waals surface area contributed by atoms with Crippen LogP contribution in [0.15, 0.2) is 122 Å². The Labute approximate surface area is 462 Å². The predicted molar refractivity (Wildman–Crippen MR) is 316 cm³/mol. The highest BCUT2D eigenvalue weighted by Crippen LogP contribution is 2.43. The quantitative estimate of drug-likeness (QED) is 0.0197. The molecule has 0 saturated heterocycles. The Bertz CT molecular complexity index is 1740. The van der Waals surface area contributed by atoms with E-state index in [1.165, 1.54) is 38.5 Å². The second-order valence-corrected chi connectivity index (χ2v) is 20.5. The molecule has 0 aromatic heterocycles. The molecular formula is C64H105O11P. The average molecular weight is 1080 g/mol. The molecule has 76 heavy (non-hydrogen) atoms. The number of carbonyl (C=O) groups excluding carboxylic acids is 3. The number of rotatable bonds is 53. The smallest absolute Gasteiger partial charge is 0.462 e. The summed E-state index contributed by atoms with van der Waals surface area (Å²) in [5.74, 6) is -1.58. The maximum absolute atomic E-state index is 12.9. The fourth-order valence-corrected chi connectivity index (χ4v) is 8.22. The molecule has 0 aromatic carbocycles. The summed E-state index contributed by atoms with van der Waals surface area (Å²) in [6.45, 7) is 4.30. The number of hydrogen-bond acceptors (Lipinski definition) is 10. The van der Waals surface area contributed by atoms with Crippen molar-refractivity contribution in [3.8, 4) is 0 Å². The highest BCUT2D eigenvalue weighted by atomic mass is 31.2.